The predicted molar refractivity (Wildman–Crippen MR) is 111 cm³/mol. The van der Waals surface area contributed by atoms with Gasteiger partial charge >= 0.3 is 0 Å². The number of carbonyl (C=O) groups excluding carboxylic acids is 2. The third-order valence-electron chi connectivity index (χ3n) is 5.04. The summed E-state index contributed by atoms with van der Waals surface area (Å²) in [5.41, 5.74) is 2.95. The minimum atomic E-state index is -0.290. The van der Waals surface area contributed by atoms with Gasteiger partial charge in [-0.1, -0.05) is 30.3 Å². The Labute approximate surface area is 166 Å². The van der Waals surface area contributed by atoms with E-state index in [-0.39, 0.29) is 17.9 Å². The van der Waals surface area contributed by atoms with Crippen LogP contribution >= 0.6 is 0 Å². The Kier molecular flexibility index (Phi) is 6.66. The molecule has 1 atom stereocenters. The molecule has 3 rings (SSSR count). The van der Waals surface area contributed by atoms with E-state index in [1.165, 1.54) is 17.4 Å². The van der Waals surface area contributed by atoms with Crippen molar-refractivity contribution in [1.82, 2.24) is 4.90 Å². The topological polar surface area (TPSA) is 65.9 Å². The molecule has 0 radical (unpaired) electrons. The molecule has 1 heterocycles. The second-order valence-electron chi connectivity index (χ2n) is 7.36. The van der Waals surface area contributed by atoms with Crippen molar-refractivity contribution in [1.29, 1.82) is 0 Å². The molecule has 6 nitrogen and oxygen atoms in total. The molecule has 28 heavy (non-hydrogen) atoms. The number of amides is 2. The highest BCUT2D eigenvalue weighted by Crippen LogP contribution is 2.15. The number of carbonyl (C=O) groups is 2. The summed E-state index contributed by atoms with van der Waals surface area (Å²) < 4.78 is 0. The molecule has 2 aromatic rings. The zero-order chi connectivity index (χ0) is 19.9. The van der Waals surface area contributed by atoms with E-state index in [2.05, 4.69) is 34.9 Å². The molecule has 148 valence electrons. The first-order chi connectivity index (χ1) is 13.5. The van der Waals surface area contributed by atoms with Gasteiger partial charge in [0, 0.05) is 23.9 Å². The number of hydrogen-bond donors (Lipinski definition) is 3. The summed E-state index contributed by atoms with van der Waals surface area (Å²) >= 11 is 0. The van der Waals surface area contributed by atoms with Gasteiger partial charge in [-0.25, -0.2) is 0 Å². The van der Waals surface area contributed by atoms with Gasteiger partial charge in [0.2, 0.25) is 11.8 Å². The van der Waals surface area contributed by atoms with E-state index >= 15 is 0 Å². The molecule has 0 unspecified atom stereocenters. The number of rotatable bonds is 6. The lowest BCUT2D eigenvalue weighted by atomic mass is 10.2. The Balaban J connectivity index is 1.47. The Morgan fingerprint density at radius 1 is 1.00 bits per heavy atom. The van der Waals surface area contributed by atoms with Crippen LogP contribution in [0.25, 0.3) is 0 Å². The molecule has 1 aliphatic heterocycles. The lowest BCUT2D eigenvalue weighted by Gasteiger charge is -2.34. The predicted octanol–water partition coefficient (Wildman–Crippen LogP) is 1.37. The number of anilines is 2. The second kappa shape index (κ2) is 9.37. The molecule has 6 heteroatoms. The number of quaternary nitrogens is 1. The SMILES string of the molecule is CC(=O)Nc1ccc(N[C@@H](C)C(=O)N2CC[NH+](Cc3ccccc3)CC2)cc1. The van der Waals surface area contributed by atoms with E-state index in [0.29, 0.717) is 0 Å². The van der Waals surface area contributed by atoms with Gasteiger partial charge in [0.25, 0.3) is 0 Å². The van der Waals surface area contributed by atoms with Crippen molar-refractivity contribution < 1.29 is 14.5 Å². The fourth-order valence-corrected chi connectivity index (χ4v) is 3.54. The van der Waals surface area contributed by atoms with Gasteiger partial charge in [-0.15, -0.1) is 0 Å². The van der Waals surface area contributed by atoms with Crippen molar-refractivity contribution in [2.75, 3.05) is 36.8 Å². The average Bonchev–Trinajstić information content (AvgIpc) is 2.70. The minimum Gasteiger partial charge on any atom is -0.374 e. The van der Waals surface area contributed by atoms with Crippen LogP contribution in [0.2, 0.25) is 0 Å². The van der Waals surface area contributed by atoms with Crippen molar-refractivity contribution in [3.8, 4) is 0 Å². The summed E-state index contributed by atoms with van der Waals surface area (Å²) in [4.78, 5) is 27.3. The van der Waals surface area contributed by atoms with Crippen molar-refractivity contribution in [3.05, 3.63) is 60.2 Å². The first-order valence-electron chi connectivity index (χ1n) is 9.82. The lowest BCUT2D eigenvalue weighted by molar-refractivity contribution is -0.917. The summed E-state index contributed by atoms with van der Waals surface area (Å²) in [6.45, 7) is 7.90. The molecule has 1 fully saturated rings. The van der Waals surface area contributed by atoms with E-state index in [4.69, 9.17) is 0 Å². The highest BCUT2D eigenvalue weighted by atomic mass is 16.2. The Bertz CT molecular complexity index is 784. The number of nitrogens with zero attached hydrogens (tertiary/aromatic N) is 1. The summed E-state index contributed by atoms with van der Waals surface area (Å²) in [6, 6.07) is 17.6. The van der Waals surface area contributed by atoms with Crippen molar-refractivity contribution in [2.45, 2.75) is 26.4 Å². The molecule has 2 amide bonds. The Hall–Kier alpha value is -2.86. The van der Waals surface area contributed by atoms with Gasteiger partial charge < -0.3 is 20.4 Å². The van der Waals surface area contributed by atoms with Crippen LogP contribution in [-0.2, 0) is 16.1 Å². The third kappa shape index (κ3) is 5.57. The highest BCUT2D eigenvalue weighted by molar-refractivity contribution is 5.89. The molecule has 0 spiro atoms. The van der Waals surface area contributed by atoms with Crippen LogP contribution in [0.5, 0.6) is 0 Å². The normalized spacial score (nSPS) is 15.7. The molecule has 1 saturated heterocycles. The fraction of sp³-hybridized carbons (Fsp3) is 0.364. The van der Waals surface area contributed by atoms with Crippen LogP contribution in [0, 0.1) is 0 Å². The first kappa shape index (κ1) is 19.9. The van der Waals surface area contributed by atoms with E-state index in [0.717, 1.165) is 44.1 Å². The minimum absolute atomic E-state index is 0.0993. The van der Waals surface area contributed by atoms with Gasteiger partial charge in [0.15, 0.2) is 0 Å². The summed E-state index contributed by atoms with van der Waals surface area (Å²) in [5.74, 6) is 0.0301. The number of nitrogens with one attached hydrogen (secondary N) is 3. The summed E-state index contributed by atoms with van der Waals surface area (Å²) in [7, 11) is 0. The molecule has 3 N–H and O–H groups in total. The zero-order valence-corrected chi connectivity index (χ0v) is 16.6. The van der Waals surface area contributed by atoms with E-state index in [1.807, 2.05) is 42.2 Å². The molecular weight excluding hydrogens is 352 g/mol. The Morgan fingerprint density at radius 3 is 2.21 bits per heavy atom. The van der Waals surface area contributed by atoms with Gasteiger partial charge in [-0.05, 0) is 31.2 Å². The summed E-state index contributed by atoms with van der Waals surface area (Å²) in [6.07, 6.45) is 0. The van der Waals surface area contributed by atoms with Crippen LogP contribution in [0.4, 0.5) is 11.4 Å². The summed E-state index contributed by atoms with van der Waals surface area (Å²) in [5, 5.41) is 6.00. The average molecular weight is 382 g/mol. The van der Waals surface area contributed by atoms with Crippen LogP contribution < -0.4 is 15.5 Å². The van der Waals surface area contributed by atoms with Gasteiger partial charge in [-0.3, -0.25) is 9.59 Å². The van der Waals surface area contributed by atoms with E-state index in [1.54, 1.807) is 0 Å². The Morgan fingerprint density at radius 2 is 1.61 bits per heavy atom. The lowest BCUT2D eigenvalue weighted by Crippen LogP contribution is -3.13. The molecular formula is C22H29N4O2+. The molecule has 2 aromatic carbocycles. The van der Waals surface area contributed by atoms with Crippen LogP contribution in [0.1, 0.15) is 19.4 Å². The zero-order valence-electron chi connectivity index (χ0n) is 16.6. The maximum absolute atomic E-state index is 12.8. The van der Waals surface area contributed by atoms with Gasteiger partial charge in [0.05, 0.1) is 26.2 Å². The first-order valence-corrected chi connectivity index (χ1v) is 9.82. The van der Waals surface area contributed by atoms with E-state index < -0.39 is 0 Å². The van der Waals surface area contributed by atoms with E-state index in [9.17, 15) is 9.59 Å². The standard InChI is InChI=1S/C22H28N4O2/c1-17(23-20-8-10-21(11-9-20)24-18(2)27)22(28)26-14-12-25(13-15-26)16-19-6-4-3-5-7-19/h3-11,17,23H,12-16H2,1-2H3,(H,24,27)/p+1/t17-/m0/s1. The van der Waals surface area contributed by atoms with Crippen molar-refractivity contribution in [2.24, 2.45) is 0 Å². The highest BCUT2D eigenvalue weighted by Gasteiger charge is 2.26. The monoisotopic (exact) mass is 381 g/mol. The maximum atomic E-state index is 12.8. The largest absolute Gasteiger partial charge is 0.374 e. The van der Waals surface area contributed by atoms with Gasteiger partial charge in [-0.2, -0.15) is 0 Å². The molecule has 0 bridgehead atoms. The van der Waals surface area contributed by atoms with Crippen molar-refractivity contribution in [3.63, 3.8) is 0 Å². The second-order valence-corrected chi connectivity index (χ2v) is 7.36. The fourth-order valence-electron chi connectivity index (χ4n) is 3.54. The van der Waals surface area contributed by atoms with Gasteiger partial charge in [0.1, 0.15) is 12.6 Å². The quantitative estimate of drug-likeness (QED) is 0.708. The molecule has 0 saturated carbocycles. The number of hydrogen-bond acceptors (Lipinski definition) is 3. The maximum Gasteiger partial charge on any atom is 0.245 e. The van der Waals surface area contributed by atoms with Crippen molar-refractivity contribution >= 4 is 23.2 Å². The van der Waals surface area contributed by atoms with Crippen LogP contribution in [-0.4, -0.2) is 48.9 Å². The van der Waals surface area contributed by atoms with Crippen LogP contribution in [0.15, 0.2) is 54.6 Å². The molecule has 0 aromatic heterocycles. The molecule has 1 aliphatic rings. The van der Waals surface area contributed by atoms with Crippen LogP contribution in [0.3, 0.4) is 0 Å². The third-order valence-corrected chi connectivity index (χ3v) is 5.04. The number of benzene rings is 2. The smallest absolute Gasteiger partial charge is 0.245 e. The number of piperazine rings is 1. The molecule has 0 aliphatic carbocycles.